The molecule has 142 valence electrons. The van der Waals surface area contributed by atoms with Crippen molar-refractivity contribution in [3.63, 3.8) is 0 Å². The number of likely N-dealkylation sites (tertiary alicyclic amines) is 1. The maximum absolute atomic E-state index is 13.1. The first kappa shape index (κ1) is 19.2. The smallest absolute Gasteiger partial charge is 0.230 e. The standard InChI is InChI=1S/C23H28N2O2/c1-2-9-21(18-10-5-3-6-11-18)23(27)25-16-14-19(15-17-25)22(26)24-20-12-7-4-8-13-20/h3-8,10-13,19,21H,2,9,14-17H2,1H3,(H,24,26). The number of hydrogen-bond donors (Lipinski definition) is 1. The van der Waals surface area contributed by atoms with Gasteiger partial charge < -0.3 is 10.2 Å². The van der Waals surface area contributed by atoms with Crippen LogP contribution < -0.4 is 5.32 Å². The van der Waals surface area contributed by atoms with Crippen LogP contribution in [0, 0.1) is 5.92 Å². The highest BCUT2D eigenvalue weighted by atomic mass is 16.2. The molecule has 4 heteroatoms. The summed E-state index contributed by atoms with van der Waals surface area (Å²) < 4.78 is 0. The van der Waals surface area contributed by atoms with E-state index in [9.17, 15) is 9.59 Å². The molecule has 27 heavy (non-hydrogen) atoms. The predicted molar refractivity (Wildman–Crippen MR) is 108 cm³/mol. The number of para-hydroxylation sites is 1. The Labute approximate surface area is 161 Å². The van der Waals surface area contributed by atoms with Crippen molar-refractivity contribution >= 4 is 17.5 Å². The van der Waals surface area contributed by atoms with Crippen LogP contribution in [-0.4, -0.2) is 29.8 Å². The van der Waals surface area contributed by atoms with Crippen LogP contribution in [0.3, 0.4) is 0 Å². The first-order valence-corrected chi connectivity index (χ1v) is 9.88. The molecule has 1 aliphatic rings. The first-order valence-electron chi connectivity index (χ1n) is 9.88. The Morgan fingerprint density at radius 3 is 2.19 bits per heavy atom. The van der Waals surface area contributed by atoms with Crippen LogP contribution in [-0.2, 0) is 9.59 Å². The molecule has 1 saturated heterocycles. The van der Waals surface area contributed by atoms with Gasteiger partial charge in [0, 0.05) is 24.7 Å². The molecule has 1 atom stereocenters. The summed E-state index contributed by atoms with van der Waals surface area (Å²) in [5, 5.41) is 2.98. The monoisotopic (exact) mass is 364 g/mol. The Balaban J connectivity index is 1.57. The lowest BCUT2D eigenvalue weighted by Crippen LogP contribution is -2.43. The molecule has 4 nitrogen and oxygen atoms in total. The molecule has 2 aromatic carbocycles. The summed E-state index contributed by atoms with van der Waals surface area (Å²) in [6.07, 6.45) is 3.27. The summed E-state index contributed by atoms with van der Waals surface area (Å²) in [6.45, 7) is 3.42. The van der Waals surface area contributed by atoms with Gasteiger partial charge in [-0.2, -0.15) is 0 Å². The predicted octanol–water partition coefficient (Wildman–Crippen LogP) is 4.45. The summed E-state index contributed by atoms with van der Waals surface area (Å²) in [4.78, 5) is 27.5. The number of anilines is 1. The van der Waals surface area contributed by atoms with Crippen molar-refractivity contribution in [1.29, 1.82) is 0 Å². The van der Waals surface area contributed by atoms with Crippen LogP contribution in [0.25, 0.3) is 0 Å². The lowest BCUT2D eigenvalue weighted by atomic mass is 9.90. The van der Waals surface area contributed by atoms with Crippen LogP contribution in [0.4, 0.5) is 5.69 Å². The fourth-order valence-electron chi connectivity index (χ4n) is 3.75. The molecule has 1 fully saturated rings. The second-order valence-electron chi connectivity index (χ2n) is 7.21. The van der Waals surface area contributed by atoms with Gasteiger partial charge in [0.2, 0.25) is 11.8 Å². The largest absolute Gasteiger partial charge is 0.342 e. The van der Waals surface area contributed by atoms with E-state index < -0.39 is 0 Å². The number of carbonyl (C=O) groups excluding carboxylic acids is 2. The minimum Gasteiger partial charge on any atom is -0.342 e. The van der Waals surface area contributed by atoms with E-state index in [2.05, 4.69) is 12.2 Å². The van der Waals surface area contributed by atoms with E-state index in [1.54, 1.807) is 0 Å². The third-order valence-electron chi connectivity index (χ3n) is 5.30. The number of amides is 2. The van der Waals surface area contributed by atoms with E-state index in [4.69, 9.17) is 0 Å². The van der Waals surface area contributed by atoms with Crippen molar-refractivity contribution in [1.82, 2.24) is 4.90 Å². The minimum absolute atomic E-state index is 0.0318. The fourth-order valence-corrected chi connectivity index (χ4v) is 3.75. The number of nitrogens with one attached hydrogen (secondary N) is 1. The van der Waals surface area contributed by atoms with Gasteiger partial charge in [-0.3, -0.25) is 9.59 Å². The van der Waals surface area contributed by atoms with E-state index in [0.29, 0.717) is 13.1 Å². The highest BCUT2D eigenvalue weighted by Gasteiger charge is 2.31. The van der Waals surface area contributed by atoms with Crippen molar-refractivity contribution in [3.05, 3.63) is 66.2 Å². The van der Waals surface area contributed by atoms with Gasteiger partial charge in [0.25, 0.3) is 0 Å². The van der Waals surface area contributed by atoms with Crippen LogP contribution in [0.1, 0.15) is 44.1 Å². The number of nitrogens with zero attached hydrogens (tertiary/aromatic N) is 1. The lowest BCUT2D eigenvalue weighted by Gasteiger charge is -2.34. The summed E-state index contributed by atoms with van der Waals surface area (Å²) >= 11 is 0. The minimum atomic E-state index is -0.0779. The summed E-state index contributed by atoms with van der Waals surface area (Å²) in [7, 11) is 0. The van der Waals surface area contributed by atoms with E-state index >= 15 is 0 Å². The molecule has 0 saturated carbocycles. The third-order valence-corrected chi connectivity index (χ3v) is 5.30. The molecular formula is C23H28N2O2. The van der Waals surface area contributed by atoms with Gasteiger partial charge in [-0.05, 0) is 37.0 Å². The van der Waals surface area contributed by atoms with Gasteiger partial charge >= 0.3 is 0 Å². The molecular weight excluding hydrogens is 336 g/mol. The molecule has 1 N–H and O–H groups in total. The summed E-state index contributed by atoms with van der Waals surface area (Å²) in [5.74, 6) is 0.146. The zero-order valence-corrected chi connectivity index (χ0v) is 15.9. The van der Waals surface area contributed by atoms with E-state index in [1.807, 2.05) is 65.6 Å². The van der Waals surface area contributed by atoms with E-state index in [1.165, 1.54) is 0 Å². The highest BCUT2D eigenvalue weighted by molar-refractivity contribution is 5.92. The molecule has 2 amide bonds. The van der Waals surface area contributed by atoms with Gasteiger partial charge in [-0.25, -0.2) is 0 Å². The normalized spacial score (nSPS) is 16.0. The average Bonchev–Trinajstić information content (AvgIpc) is 2.73. The molecule has 1 heterocycles. The van der Waals surface area contributed by atoms with Crippen LogP contribution >= 0.6 is 0 Å². The van der Waals surface area contributed by atoms with Gasteiger partial charge in [-0.15, -0.1) is 0 Å². The highest BCUT2D eigenvalue weighted by Crippen LogP contribution is 2.27. The van der Waals surface area contributed by atoms with Gasteiger partial charge in [0.15, 0.2) is 0 Å². The van der Waals surface area contributed by atoms with Crippen molar-refractivity contribution in [2.24, 2.45) is 5.92 Å². The number of carbonyl (C=O) groups is 2. The molecule has 2 aromatic rings. The number of rotatable bonds is 6. The second kappa shape index (κ2) is 9.36. The van der Waals surface area contributed by atoms with Gasteiger partial charge in [0.1, 0.15) is 0 Å². The molecule has 0 aromatic heterocycles. The Morgan fingerprint density at radius 1 is 1.00 bits per heavy atom. The van der Waals surface area contributed by atoms with Gasteiger partial charge in [-0.1, -0.05) is 61.9 Å². The zero-order valence-electron chi connectivity index (χ0n) is 15.9. The number of piperidine rings is 1. The van der Waals surface area contributed by atoms with Crippen molar-refractivity contribution in [3.8, 4) is 0 Å². The number of benzene rings is 2. The van der Waals surface area contributed by atoms with Crippen molar-refractivity contribution in [2.75, 3.05) is 18.4 Å². The fraction of sp³-hybridized carbons (Fsp3) is 0.391. The topological polar surface area (TPSA) is 49.4 Å². The second-order valence-corrected chi connectivity index (χ2v) is 7.21. The number of hydrogen-bond acceptors (Lipinski definition) is 2. The maximum atomic E-state index is 13.1. The Bertz CT molecular complexity index is 737. The quantitative estimate of drug-likeness (QED) is 0.823. The van der Waals surface area contributed by atoms with Gasteiger partial charge in [0.05, 0.1) is 5.92 Å². The zero-order chi connectivity index (χ0) is 19.1. The van der Waals surface area contributed by atoms with E-state index in [0.717, 1.165) is 36.9 Å². The average molecular weight is 364 g/mol. The lowest BCUT2D eigenvalue weighted by molar-refractivity contribution is -0.136. The molecule has 1 unspecified atom stereocenters. The third kappa shape index (κ3) is 4.97. The van der Waals surface area contributed by atoms with Crippen LogP contribution in [0.15, 0.2) is 60.7 Å². The molecule has 0 radical (unpaired) electrons. The van der Waals surface area contributed by atoms with Crippen LogP contribution in [0.5, 0.6) is 0 Å². The first-order chi connectivity index (χ1) is 13.2. The van der Waals surface area contributed by atoms with E-state index in [-0.39, 0.29) is 23.7 Å². The maximum Gasteiger partial charge on any atom is 0.230 e. The van der Waals surface area contributed by atoms with Crippen LogP contribution in [0.2, 0.25) is 0 Å². The van der Waals surface area contributed by atoms with Crippen molar-refractivity contribution in [2.45, 2.75) is 38.5 Å². The Kier molecular flexibility index (Phi) is 6.64. The Morgan fingerprint density at radius 2 is 1.59 bits per heavy atom. The summed E-state index contributed by atoms with van der Waals surface area (Å²) in [5.41, 5.74) is 1.92. The SMILES string of the molecule is CCCC(C(=O)N1CCC(C(=O)Nc2ccccc2)CC1)c1ccccc1. The van der Waals surface area contributed by atoms with Crippen molar-refractivity contribution < 1.29 is 9.59 Å². The molecule has 3 rings (SSSR count). The molecule has 0 bridgehead atoms. The Hall–Kier alpha value is -2.62. The molecule has 0 spiro atoms. The molecule has 0 aliphatic carbocycles. The summed E-state index contributed by atoms with van der Waals surface area (Å²) in [6, 6.07) is 19.6. The molecule has 1 aliphatic heterocycles.